The predicted molar refractivity (Wildman–Crippen MR) is 43.0 cm³/mol. The zero-order chi connectivity index (χ0) is 9.07. The van der Waals surface area contributed by atoms with Gasteiger partial charge in [-0.2, -0.15) is 0 Å². The molecule has 1 N–H and O–H groups in total. The highest BCUT2D eigenvalue weighted by Crippen LogP contribution is 1.96. The lowest BCUT2D eigenvalue weighted by Crippen LogP contribution is -2.37. The Balaban J connectivity index is 4.27. The summed E-state index contributed by atoms with van der Waals surface area (Å²) in [7, 11) is -3.24. The van der Waals surface area contributed by atoms with Gasteiger partial charge in [-0.15, -0.1) is 0 Å². The third kappa shape index (κ3) is 3.36. The van der Waals surface area contributed by atoms with Crippen LogP contribution in [0.1, 0.15) is 13.8 Å². The average molecular weight is 179 g/mol. The first-order valence-electron chi connectivity index (χ1n) is 3.36. The molecular formula is C6H13NO3S. The van der Waals surface area contributed by atoms with Gasteiger partial charge in [0.1, 0.15) is 5.25 Å². The van der Waals surface area contributed by atoms with Crippen molar-refractivity contribution in [2.24, 2.45) is 0 Å². The summed E-state index contributed by atoms with van der Waals surface area (Å²) in [5, 5.41) is 1.49. The van der Waals surface area contributed by atoms with E-state index in [1.165, 1.54) is 6.92 Å². The van der Waals surface area contributed by atoms with E-state index in [0.717, 1.165) is 6.26 Å². The van der Waals surface area contributed by atoms with Crippen molar-refractivity contribution >= 4 is 15.7 Å². The van der Waals surface area contributed by atoms with E-state index in [1.54, 1.807) is 6.92 Å². The van der Waals surface area contributed by atoms with Crippen molar-refractivity contribution in [3.05, 3.63) is 0 Å². The molecule has 5 heteroatoms. The molecule has 1 amide bonds. The van der Waals surface area contributed by atoms with Crippen LogP contribution < -0.4 is 5.32 Å². The molecule has 0 aromatic carbocycles. The van der Waals surface area contributed by atoms with Crippen LogP contribution in [0.5, 0.6) is 0 Å². The Labute approximate surface area is 66.9 Å². The number of amides is 1. The number of hydrogen-bond donors (Lipinski definition) is 1. The molecule has 11 heavy (non-hydrogen) atoms. The zero-order valence-corrected chi connectivity index (χ0v) is 7.73. The molecule has 0 fully saturated rings. The summed E-state index contributed by atoms with van der Waals surface area (Å²) in [6.07, 6.45) is 1.05. The lowest BCUT2D eigenvalue weighted by Gasteiger charge is -2.07. The molecule has 1 unspecified atom stereocenters. The molecule has 0 aromatic rings. The highest BCUT2D eigenvalue weighted by molar-refractivity contribution is 7.92. The third-order valence-corrected chi connectivity index (χ3v) is 2.86. The van der Waals surface area contributed by atoms with Crippen LogP contribution in [-0.2, 0) is 14.6 Å². The second kappa shape index (κ2) is 3.71. The van der Waals surface area contributed by atoms with Crippen LogP contribution in [-0.4, -0.2) is 32.4 Å². The van der Waals surface area contributed by atoms with E-state index in [1.807, 2.05) is 0 Å². The second-order valence-electron chi connectivity index (χ2n) is 2.37. The van der Waals surface area contributed by atoms with Crippen LogP contribution in [0.2, 0.25) is 0 Å². The molecule has 0 saturated heterocycles. The minimum absolute atomic E-state index is 0.435. The van der Waals surface area contributed by atoms with Gasteiger partial charge in [0.25, 0.3) is 0 Å². The minimum Gasteiger partial charge on any atom is -0.355 e. The van der Waals surface area contributed by atoms with E-state index in [-0.39, 0.29) is 0 Å². The van der Waals surface area contributed by atoms with Crippen LogP contribution in [0.3, 0.4) is 0 Å². The van der Waals surface area contributed by atoms with Gasteiger partial charge in [-0.1, -0.05) is 0 Å². The van der Waals surface area contributed by atoms with Crippen LogP contribution in [0.25, 0.3) is 0 Å². The maximum absolute atomic E-state index is 10.9. The van der Waals surface area contributed by atoms with Crippen molar-refractivity contribution in [1.82, 2.24) is 5.32 Å². The van der Waals surface area contributed by atoms with E-state index in [9.17, 15) is 13.2 Å². The molecule has 0 radical (unpaired) electrons. The van der Waals surface area contributed by atoms with E-state index < -0.39 is 21.0 Å². The van der Waals surface area contributed by atoms with Crippen molar-refractivity contribution < 1.29 is 13.2 Å². The molecule has 0 aliphatic rings. The summed E-state index contributed by atoms with van der Waals surface area (Å²) in [6.45, 7) is 3.58. The molecule has 4 nitrogen and oxygen atoms in total. The SMILES string of the molecule is CCNC(=O)C(C)S(C)(=O)=O. The van der Waals surface area contributed by atoms with Gasteiger partial charge < -0.3 is 5.32 Å². The van der Waals surface area contributed by atoms with Crippen LogP contribution in [0.4, 0.5) is 0 Å². The lowest BCUT2D eigenvalue weighted by atomic mass is 10.4. The Bertz CT molecular complexity index is 232. The Kier molecular flexibility index (Phi) is 3.51. The fourth-order valence-electron chi connectivity index (χ4n) is 0.512. The number of rotatable bonds is 3. The van der Waals surface area contributed by atoms with Gasteiger partial charge in [0.15, 0.2) is 9.84 Å². The summed E-state index contributed by atoms with van der Waals surface area (Å²) in [6, 6.07) is 0. The first-order valence-corrected chi connectivity index (χ1v) is 5.31. The van der Waals surface area contributed by atoms with Crippen LogP contribution in [0, 0.1) is 0 Å². The van der Waals surface area contributed by atoms with Gasteiger partial charge in [-0.05, 0) is 13.8 Å². The molecule has 0 aromatic heterocycles. The van der Waals surface area contributed by atoms with Crippen molar-refractivity contribution in [2.45, 2.75) is 19.1 Å². The topological polar surface area (TPSA) is 63.2 Å². The standard InChI is InChI=1S/C6H13NO3S/c1-4-7-6(8)5(2)11(3,9)10/h5H,4H2,1-3H3,(H,7,8). The zero-order valence-electron chi connectivity index (χ0n) is 6.92. The molecule has 0 rings (SSSR count). The highest BCUT2D eigenvalue weighted by atomic mass is 32.2. The van der Waals surface area contributed by atoms with Gasteiger partial charge in [0.2, 0.25) is 5.91 Å². The Morgan fingerprint density at radius 2 is 2.00 bits per heavy atom. The van der Waals surface area contributed by atoms with Crippen molar-refractivity contribution in [1.29, 1.82) is 0 Å². The van der Waals surface area contributed by atoms with Crippen LogP contribution >= 0.6 is 0 Å². The number of hydrogen-bond acceptors (Lipinski definition) is 3. The summed E-state index contributed by atoms with van der Waals surface area (Å²) >= 11 is 0. The Hall–Kier alpha value is -0.580. The first kappa shape index (κ1) is 10.4. The summed E-state index contributed by atoms with van der Waals surface area (Å²) in [5.41, 5.74) is 0. The maximum atomic E-state index is 10.9. The van der Waals surface area contributed by atoms with E-state index in [2.05, 4.69) is 5.32 Å². The largest absolute Gasteiger partial charge is 0.355 e. The van der Waals surface area contributed by atoms with Gasteiger partial charge in [0.05, 0.1) is 0 Å². The smallest absolute Gasteiger partial charge is 0.238 e. The number of nitrogens with one attached hydrogen (secondary N) is 1. The van der Waals surface area contributed by atoms with Crippen molar-refractivity contribution in [3.63, 3.8) is 0 Å². The Morgan fingerprint density at radius 3 is 2.27 bits per heavy atom. The molecule has 0 aliphatic heterocycles. The van der Waals surface area contributed by atoms with Gasteiger partial charge in [0, 0.05) is 12.8 Å². The summed E-state index contributed by atoms with van der Waals surface area (Å²) in [5.74, 6) is -0.435. The quantitative estimate of drug-likeness (QED) is 0.638. The lowest BCUT2D eigenvalue weighted by molar-refractivity contribution is -0.120. The van der Waals surface area contributed by atoms with Gasteiger partial charge in [-0.3, -0.25) is 4.79 Å². The fourth-order valence-corrected chi connectivity index (χ4v) is 0.985. The monoisotopic (exact) mass is 179 g/mol. The molecule has 0 aliphatic carbocycles. The number of sulfone groups is 1. The Morgan fingerprint density at radius 1 is 1.55 bits per heavy atom. The maximum Gasteiger partial charge on any atom is 0.238 e. The fraction of sp³-hybridized carbons (Fsp3) is 0.833. The first-order chi connectivity index (χ1) is 4.89. The van der Waals surface area contributed by atoms with Crippen molar-refractivity contribution in [3.8, 4) is 0 Å². The second-order valence-corrected chi connectivity index (χ2v) is 4.73. The third-order valence-electron chi connectivity index (χ3n) is 1.36. The van der Waals surface area contributed by atoms with Crippen molar-refractivity contribution in [2.75, 3.05) is 12.8 Å². The van der Waals surface area contributed by atoms with E-state index >= 15 is 0 Å². The highest BCUT2D eigenvalue weighted by Gasteiger charge is 2.22. The van der Waals surface area contributed by atoms with E-state index in [0.29, 0.717) is 6.54 Å². The normalized spacial score (nSPS) is 14.1. The molecule has 0 saturated carbocycles. The molecule has 0 spiro atoms. The predicted octanol–water partition coefficient (Wildman–Crippen LogP) is -0.444. The molecule has 66 valence electrons. The summed E-state index contributed by atoms with van der Waals surface area (Å²) < 4.78 is 21.6. The van der Waals surface area contributed by atoms with Gasteiger partial charge in [-0.25, -0.2) is 8.42 Å². The average Bonchev–Trinajstić information content (AvgIpc) is 1.85. The molecule has 0 bridgehead atoms. The van der Waals surface area contributed by atoms with E-state index in [4.69, 9.17) is 0 Å². The number of carbonyl (C=O) groups is 1. The molecular weight excluding hydrogens is 166 g/mol. The van der Waals surface area contributed by atoms with Crippen LogP contribution in [0.15, 0.2) is 0 Å². The summed E-state index contributed by atoms with van der Waals surface area (Å²) in [4.78, 5) is 10.9. The van der Waals surface area contributed by atoms with Gasteiger partial charge >= 0.3 is 0 Å². The number of carbonyl (C=O) groups excluding carboxylic acids is 1. The molecule has 1 atom stereocenters. The minimum atomic E-state index is -3.24. The molecule has 0 heterocycles.